The second kappa shape index (κ2) is 3.66. The molecule has 0 bridgehead atoms. The topological polar surface area (TPSA) is 49.7 Å². The van der Waals surface area contributed by atoms with E-state index in [1.807, 2.05) is 19.9 Å². The maximum Gasteiger partial charge on any atom is 0.166 e. The molecule has 1 rings (SSSR count). The highest BCUT2D eigenvalue weighted by atomic mass is 16.5. The lowest BCUT2D eigenvalue weighted by atomic mass is 10.0. The highest BCUT2D eigenvalue weighted by Gasteiger charge is 2.12. The van der Waals surface area contributed by atoms with Crippen LogP contribution in [0.15, 0.2) is 6.07 Å². The molecule has 0 aliphatic carbocycles. The zero-order chi connectivity index (χ0) is 10.0. The number of benzene rings is 1. The molecule has 0 spiro atoms. The summed E-state index contributed by atoms with van der Waals surface area (Å²) in [5.74, 6) is 0.483. The van der Waals surface area contributed by atoms with Crippen molar-refractivity contribution in [3.8, 4) is 11.5 Å². The third-order valence-corrected chi connectivity index (χ3v) is 2.22. The van der Waals surface area contributed by atoms with Crippen LogP contribution in [0.3, 0.4) is 0 Å². The fraction of sp³-hybridized carbons (Fsp3) is 0.400. The predicted molar refractivity (Wildman–Crippen MR) is 50.1 cm³/mol. The lowest BCUT2D eigenvalue weighted by Crippen LogP contribution is -1.96. The molecule has 3 nitrogen and oxygen atoms in total. The van der Waals surface area contributed by atoms with Crippen molar-refractivity contribution in [3.05, 3.63) is 22.8 Å². The number of methoxy groups -OCH3 is 1. The predicted octanol–water partition coefficient (Wildman–Crippen LogP) is 1.51. The smallest absolute Gasteiger partial charge is 0.166 e. The van der Waals surface area contributed by atoms with E-state index in [-0.39, 0.29) is 12.4 Å². The highest BCUT2D eigenvalue weighted by Crippen LogP contribution is 2.35. The number of aryl methyl sites for hydroxylation is 1. The number of hydrogen-bond acceptors (Lipinski definition) is 3. The summed E-state index contributed by atoms with van der Waals surface area (Å²) in [4.78, 5) is 0. The zero-order valence-electron chi connectivity index (χ0n) is 8.09. The van der Waals surface area contributed by atoms with Gasteiger partial charge in [0.05, 0.1) is 13.7 Å². The van der Waals surface area contributed by atoms with Gasteiger partial charge in [-0.1, -0.05) is 0 Å². The first kappa shape index (κ1) is 9.86. The quantitative estimate of drug-likeness (QED) is 0.728. The summed E-state index contributed by atoms with van der Waals surface area (Å²) >= 11 is 0. The Balaban J connectivity index is 3.39. The minimum absolute atomic E-state index is 0.117. The molecule has 0 aromatic heterocycles. The van der Waals surface area contributed by atoms with Crippen LogP contribution in [0, 0.1) is 13.8 Å². The summed E-state index contributed by atoms with van der Waals surface area (Å²) < 4.78 is 4.99. The molecule has 1 aromatic rings. The van der Waals surface area contributed by atoms with E-state index in [1.165, 1.54) is 7.11 Å². The van der Waals surface area contributed by atoms with Crippen molar-refractivity contribution in [2.24, 2.45) is 0 Å². The minimum atomic E-state index is -0.127. The van der Waals surface area contributed by atoms with E-state index in [4.69, 9.17) is 9.84 Å². The average Bonchev–Trinajstić information content (AvgIpc) is 2.13. The van der Waals surface area contributed by atoms with E-state index < -0.39 is 0 Å². The van der Waals surface area contributed by atoms with Gasteiger partial charge in [0.2, 0.25) is 0 Å². The van der Waals surface area contributed by atoms with Gasteiger partial charge in [-0.15, -0.1) is 0 Å². The van der Waals surface area contributed by atoms with Gasteiger partial charge in [0.1, 0.15) is 0 Å². The van der Waals surface area contributed by atoms with E-state index >= 15 is 0 Å². The Morgan fingerprint density at radius 1 is 1.38 bits per heavy atom. The number of aliphatic hydroxyl groups is 1. The Labute approximate surface area is 77.6 Å². The SMILES string of the molecule is COc1c(CO)cc(C)c(C)c1O. The summed E-state index contributed by atoms with van der Waals surface area (Å²) in [6, 6.07) is 1.81. The van der Waals surface area contributed by atoms with Crippen molar-refractivity contribution < 1.29 is 14.9 Å². The lowest BCUT2D eigenvalue weighted by Gasteiger charge is -2.12. The van der Waals surface area contributed by atoms with Gasteiger partial charge in [-0.2, -0.15) is 0 Å². The number of ether oxygens (including phenoxy) is 1. The number of rotatable bonds is 2. The summed E-state index contributed by atoms with van der Waals surface area (Å²) in [6.07, 6.45) is 0. The van der Waals surface area contributed by atoms with E-state index in [2.05, 4.69) is 0 Å². The Bertz CT molecular complexity index is 318. The van der Waals surface area contributed by atoms with Crippen molar-refractivity contribution in [2.45, 2.75) is 20.5 Å². The molecule has 0 saturated carbocycles. The molecule has 0 heterocycles. The van der Waals surface area contributed by atoms with Crippen LogP contribution in [0.2, 0.25) is 0 Å². The number of hydrogen-bond donors (Lipinski definition) is 2. The molecule has 1 aromatic carbocycles. The monoisotopic (exact) mass is 182 g/mol. The molecule has 0 amide bonds. The van der Waals surface area contributed by atoms with E-state index in [0.717, 1.165) is 11.1 Å². The molecule has 0 radical (unpaired) electrons. The molecule has 0 saturated heterocycles. The largest absolute Gasteiger partial charge is 0.504 e. The van der Waals surface area contributed by atoms with Crippen molar-refractivity contribution in [1.82, 2.24) is 0 Å². The van der Waals surface area contributed by atoms with Crippen LogP contribution in [0.25, 0.3) is 0 Å². The molecule has 0 aliphatic heterocycles. The summed E-state index contributed by atoms with van der Waals surface area (Å²) in [7, 11) is 1.48. The van der Waals surface area contributed by atoms with E-state index in [0.29, 0.717) is 11.3 Å². The molecular formula is C10H14O3. The van der Waals surface area contributed by atoms with Gasteiger partial charge in [-0.3, -0.25) is 0 Å². The molecule has 13 heavy (non-hydrogen) atoms. The molecule has 72 valence electrons. The van der Waals surface area contributed by atoms with Crippen molar-refractivity contribution in [3.63, 3.8) is 0 Å². The molecule has 0 fully saturated rings. The highest BCUT2D eigenvalue weighted by molar-refractivity contribution is 5.53. The van der Waals surface area contributed by atoms with Crippen LogP contribution >= 0.6 is 0 Å². The van der Waals surface area contributed by atoms with E-state index in [9.17, 15) is 5.11 Å². The number of phenols is 1. The van der Waals surface area contributed by atoms with Crippen LogP contribution in [0.4, 0.5) is 0 Å². The van der Waals surface area contributed by atoms with Gasteiger partial charge < -0.3 is 14.9 Å². The van der Waals surface area contributed by atoms with Crippen molar-refractivity contribution in [2.75, 3.05) is 7.11 Å². The molecule has 0 atom stereocenters. The minimum Gasteiger partial charge on any atom is -0.504 e. The average molecular weight is 182 g/mol. The van der Waals surface area contributed by atoms with Crippen LogP contribution in [0.1, 0.15) is 16.7 Å². The van der Waals surface area contributed by atoms with Crippen LogP contribution in [-0.4, -0.2) is 17.3 Å². The van der Waals surface area contributed by atoms with Gasteiger partial charge in [0, 0.05) is 5.56 Å². The Morgan fingerprint density at radius 2 is 2.00 bits per heavy atom. The fourth-order valence-corrected chi connectivity index (χ4v) is 1.29. The maximum atomic E-state index is 9.65. The fourth-order valence-electron chi connectivity index (χ4n) is 1.29. The maximum absolute atomic E-state index is 9.65. The third-order valence-electron chi connectivity index (χ3n) is 2.22. The van der Waals surface area contributed by atoms with Gasteiger partial charge in [0.25, 0.3) is 0 Å². The van der Waals surface area contributed by atoms with Gasteiger partial charge >= 0.3 is 0 Å². The lowest BCUT2D eigenvalue weighted by molar-refractivity contribution is 0.270. The second-order valence-electron chi connectivity index (χ2n) is 3.02. The standard InChI is InChI=1S/C10H14O3/c1-6-4-8(5-11)10(13-3)9(12)7(6)2/h4,11-12H,5H2,1-3H3. The molecule has 0 aliphatic rings. The summed E-state index contributed by atoms with van der Waals surface area (Å²) in [6.45, 7) is 3.57. The number of aliphatic hydroxyl groups excluding tert-OH is 1. The zero-order valence-corrected chi connectivity index (χ0v) is 8.09. The van der Waals surface area contributed by atoms with E-state index in [1.54, 1.807) is 0 Å². The van der Waals surface area contributed by atoms with Gasteiger partial charge in [-0.25, -0.2) is 0 Å². The Hall–Kier alpha value is -1.22. The third kappa shape index (κ3) is 1.60. The Morgan fingerprint density at radius 3 is 2.46 bits per heavy atom. The van der Waals surface area contributed by atoms with Gasteiger partial charge in [0.15, 0.2) is 11.5 Å². The first-order valence-corrected chi connectivity index (χ1v) is 4.08. The summed E-state index contributed by atoms with van der Waals surface area (Å²) in [5.41, 5.74) is 2.35. The normalized spacial score (nSPS) is 10.2. The van der Waals surface area contributed by atoms with Crippen molar-refractivity contribution in [1.29, 1.82) is 0 Å². The first-order valence-electron chi connectivity index (χ1n) is 4.08. The van der Waals surface area contributed by atoms with Crippen LogP contribution in [0.5, 0.6) is 11.5 Å². The summed E-state index contributed by atoms with van der Waals surface area (Å²) in [5, 5.41) is 18.7. The molecule has 3 heteroatoms. The molecule has 2 N–H and O–H groups in total. The molecular weight excluding hydrogens is 168 g/mol. The Kier molecular flexibility index (Phi) is 2.78. The van der Waals surface area contributed by atoms with Gasteiger partial charge in [-0.05, 0) is 31.0 Å². The van der Waals surface area contributed by atoms with Crippen LogP contribution < -0.4 is 4.74 Å². The van der Waals surface area contributed by atoms with Crippen molar-refractivity contribution >= 4 is 0 Å². The first-order chi connectivity index (χ1) is 6.11. The number of aromatic hydroxyl groups is 1. The molecule has 0 unspecified atom stereocenters. The second-order valence-corrected chi connectivity index (χ2v) is 3.02. The van der Waals surface area contributed by atoms with Crippen LogP contribution in [-0.2, 0) is 6.61 Å². The number of phenolic OH excluding ortho intramolecular Hbond substituents is 1.